The molecule has 0 unspecified atom stereocenters. The highest BCUT2D eigenvalue weighted by molar-refractivity contribution is 8.04. The first kappa shape index (κ1) is 23.2. The summed E-state index contributed by atoms with van der Waals surface area (Å²) >= 11 is 14.3. The van der Waals surface area contributed by atoms with Crippen LogP contribution in [0.1, 0.15) is 0 Å². The molecule has 0 amide bonds. The van der Waals surface area contributed by atoms with Gasteiger partial charge >= 0.3 is 0 Å². The number of thioether (sulfide) groups is 1. The molecule has 6 heteroatoms. The van der Waals surface area contributed by atoms with Gasteiger partial charge in [0.2, 0.25) is 11.0 Å². The average molecular weight is 521 g/mol. The lowest BCUT2D eigenvalue weighted by Gasteiger charge is -2.25. The van der Waals surface area contributed by atoms with Gasteiger partial charge in [0.05, 0.1) is 10.6 Å². The topological polar surface area (TPSA) is 26.0 Å². The van der Waals surface area contributed by atoms with Crippen LogP contribution in [-0.4, -0.2) is 11.2 Å². The van der Waals surface area contributed by atoms with Crippen LogP contribution >= 0.6 is 42.2 Å². The van der Waals surface area contributed by atoms with Gasteiger partial charge < -0.3 is 4.42 Å². The lowest BCUT2D eigenvalue weighted by molar-refractivity contribution is 0.488. The molecule has 168 valence electrons. The average Bonchev–Trinajstić information content (AvgIpc) is 3.31. The van der Waals surface area contributed by atoms with Crippen LogP contribution in [0.5, 0.6) is 0 Å². The summed E-state index contributed by atoms with van der Waals surface area (Å²) < 4.78 is 6.39. The summed E-state index contributed by atoms with van der Waals surface area (Å²) in [6, 6.07) is 37.2. The highest BCUT2D eigenvalue weighted by Crippen LogP contribution is 2.56. The van der Waals surface area contributed by atoms with Crippen molar-refractivity contribution in [2.45, 2.75) is 5.09 Å². The maximum Gasteiger partial charge on any atom is 0.251 e. The van der Waals surface area contributed by atoms with Crippen molar-refractivity contribution in [3.63, 3.8) is 0 Å². The Morgan fingerprint density at radius 1 is 0.706 bits per heavy atom. The van der Waals surface area contributed by atoms with Crippen molar-refractivity contribution < 1.29 is 4.42 Å². The Balaban J connectivity index is 1.88. The summed E-state index contributed by atoms with van der Waals surface area (Å²) in [5.41, 5.74) is 1.66. The molecule has 0 spiro atoms. The SMILES string of the molecule is CSc1oc(-c2ccc(Cl)cc2Cl)nc1[P+](c1ccccc1)(c1ccccc1)c1ccccc1. The molecule has 4 aromatic carbocycles. The lowest BCUT2D eigenvalue weighted by atomic mass is 10.2. The molecule has 2 nitrogen and oxygen atoms in total. The minimum absolute atomic E-state index is 0.494. The number of nitrogens with zero attached hydrogens (tertiary/aromatic N) is 1. The monoisotopic (exact) mass is 520 g/mol. The Labute approximate surface area is 214 Å². The highest BCUT2D eigenvalue weighted by atomic mass is 35.5. The van der Waals surface area contributed by atoms with Gasteiger partial charge in [-0.25, -0.2) is 0 Å². The molecule has 5 aromatic rings. The molecule has 34 heavy (non-hydrogen) atoms. The minimum Gasteiger partial charge on any atom is -0.425 e. The Morgan fingerprint density at radius 3 is 1.65 bits per heavy atom. The molecule has 0 atom stereocenters. The number of rotatable bonds is 6. The van der Waals surface area contributed by atoms with E-state index in [0.29, 0.717) is 15.9 Å². The van der Waals surface area contributed by atoms with Crippen molar-refractivity contribution in [3.05, 3.63) is 119 Å². The van der Waals surface area contributed by atoms with Crippen molar-refractivity contribution in [2.24, 2.45) is 0 Å². The van der Waals surface area contributed by atoms with Crippen molar-refractivity contribution >= 4 is 63.6 Å². The summed E-state index contributed by atoms with van der Waals surface area (Å²) in [5, 5.41) is 5.51. The highest BCUT2D eigenvalue weighted by Gasteiger charge is 2.52. The predicted molar refractivity (Wildman–Crippen MR) is 149 cm³/mol. The summed E-state index contributed by atoms with van der Waals surface area (Å²) in [6.07, 6.45) is 2.02. The van der Waals surface area contributed by atoms with Crippen molar-refractivity contribution in [1.82, 2.24) is 4.98 Å². The molecule has 0 aliphatic rings. The minimum atomic E-state index is -2.38. The Hall–Kier alpha value is -2.55. The predicted octanol–water partition coefficient (Wildman–Crippen LogP) is 6.99. The van der Waals surface area contributed by atoms with E-state index in [0.717, 1.165) is 16.1 Å². The molecule has 0 radical (unpaired) electrons. The van der Waals surface area contributed by atoms with E-state index in [2.05, 4.69) is 72.8 Å². The molecule has 0 aliphatic carbocycles. The van der Waals surface area contributed by atoms with E-state index in [1.807, 2.05) is 30.5 Å². The first-order valence-electron chi connectivity index (χ1n) is 10.7. The van der Waals surface area contributed by atoms with Gasteiger partial charge in [0.25, 0.3) is 5.44 Å². The Kier molecular flexibility index (Phi) is 6.81. The van der Waals surface area contributed by atoms with E-state index in [9.17, 15) is 0 Å². The van der Waals surface area contributed by atoms with Crippen LogP contribution in [0.15, 0.2) is 119 Å². The van der Waals surface area contributed by atoms with E-state index in [1.165, 1.54) is 15.9 Å². The third kappa shape index (κ3) is 4.08. The van der Waals surface area contributed by atoms with Crippen molar-refractivity contribution in [3.8, 4) is 11.5 Å². The second kappa shape index (κ2) is 9.98. The summed E-state index contributed by atoms with van der Waals surface area (Å²) in [5.74, 6) is 0.494. The molecular formula is C28H21Cl2NOPS+. The van der Waals surface area contributed by atoms with Crippen molar-refractivity contribution in [2.75, 3.05) is 6.26 Å². The van der Waals surface area contributed by atoms with E-state index in [1.54, 1.807) is 23.9 Å². The zero-order valence-corrected chi connectivity index (χ0v) is 21.6. The first-order chi connectivity index (χ1) is 16.6. The second-order valence-electron chi connectivity index (χ2n) is 7.64. The third-order valence-electron chi connectivity index (χ3n) is 5.67. The van der Waals surface area contributed by atoms with Crippen LogP contribution in [0.3, 0.4) is 0 Å². The molecule has 0 saturated carbocycles. The van der Waals surface area contributed by atoms with Crippen LogP contribution in [0.2, 0.25) is 10.0 Å². The number of hydrogen-bond acceptors (Lipinski definition) is 3. The molecule has 5 rings (SSSR count). The van der Waals surface area contributed by atoms with E-state index in [4.69, 9.17) is 32.6 Å². The van der Waals surface area contributed by atoms with Crippen LogP contribution in [0.4, 0.5) is 0 Å². The second-order valence-corrected chi connectivity index (χ2v) is 12.6. The van der Waals surface area contributed by atoms with E-state index in [-0.39, 0.29) is 0 Å². The molecule has 0 saturated heterocycles. The quantitative estimate of drug-likeness (QED) is 0.178. The lowest BCUT2D eigenvalue weighted by Crippen LogP contribution is -2.39. The zero-order valence-electron chi connectivity index (χ0n) is 18.4. The molecule has 1 aromatic heterocycles. The number of oxazole rings is 1. The maximum atomic E-state index is 6.55. The number of hydrogen-bond donors (Lipinski definition) is 0. The first-order valence-corrected chi connectivity index (χ1v) is 14.5. The fourth-order valence-electron chi connectivity index (χ4n) is 4.19. The normalized spacial score (nSPS) is 11.5. The Morgan fingerprint density at radius 2 is 1.21 bits per heavy atom. The summed E-state index contributed by atoms with van der Waals surface area (Å²) in [6.45, 7) is 0. The Bertz CT molecular complexity index is 1310. The van der Waals surface area contributed by atoms with E-state index < -0.39 is 7.26 Å². The molecular weight excluding hydrogens is 500 g/mol. The third-order valence-corrected chi connectivity index (χ3v) is 11.2. The molecule has 1 heterocycles. The van der Waals surface area contributed by atoms with Gasteiger partial charge in [0, 0.05) is 5.02 Å². The van der Waals surface area contributed by atoms with Gasteiger partial charge in [-0.1, -0.05) is 89.6 Å². The van der Waals surface area contributed by atoms with Crippen LogP contribution in [-0.2, 0) is 0 Å². The number of halogens is 2. The van der Waals surface area contributed by atoms with Crippen LogP contribution in [0.25, 0.3) is 11.5 Å². The molecule has 0 bridgehead atoms. The molecule has 0 N–H and O–H groups in total. The van der Waals surface area contributed by atoms with Gasteiger partial charge in [-0.2, -0.15) is 4.98 Å². The van der Waals surface area contributed by atoms with Gasteiger partial charge in [0.15, 0.2) is 7.26 Å². The van der Waals surface area contributed by atoms with Crippen LogP contribution < -0.4 is 21.3 Å². The fourth-order valence-corrected chi connectivity index (χ4v) is 9.80. The van der Waals surface area contributed by atoms with Crippen LogP contribution in [0, 0.1) is 0 Å². The number of benzene rings is 4. The fraction of sp³-hybridized carbons (Fsp3) is 0.0357. The standard InChI is InChI=1S/C28H21Cl2NOPS/c1-34-28-27(31-26(32-28)24-18-17-20(29)19-25(24)30)33(21-11-5-2-6-12-21,22-13-7-3-8-14-22)23-15-9-4-10-16-23/h2-19H,1H3/q+1. The largest absolute Gasteiger partial charge is 0.425 e. The van der Waals surface area contributed by atoms with E-state index >= 15 is 0 Å². The van der Waals surface area contributed by atoms with Gasteiger partial charge in [-0.3, -0.25) is 0 Å². The van der Waals surface area contributed by atoms with Gasteiger partial charge in [0.1, 0.15) is 15.9 Å². The zero-order chi connectivity index (χ0) is 23.5. The summed E-state index contributed by atoms with van der Waals surface area (Å²) in [4.78, 5) is 5.18. The van der Waals surface area contributed by atoms with Gasteiger partial charge in [-0.05, 0) is 60.9 Å². The molecule has 0 aliphatic heterocycles. The smallest absolute Gasteiger partial charge is 0.251 e. The van der Waals surface area contributed by atoms with Gasteiger partial charge in [-0.15, -0.1) is 0 Å². The molecule has 0 fully saturated rings. The number of aromatic nitrogens is 1. The maximum absolute atomic E-state index is 6.55. The summed E-state index contributed by atoms with van der Waals surface area (Å²) in [7, 11) is -2.38. The van der Waals surface area contributed by atoms with Crippen molar-refractivity contribution in [1.29, 1.82) is 0 Å².